The molecule has 0 aliphatic carbocycles. The van der Waals surface area contributed by atoms with Crippen LogP contribution in [0.3, 0.4) is 0 Å². The number of nitrogens with one attached hydrogen (secondary N) is 2. The van der Waals surface area contributed by atoms with E-state index < -0.39 is 0 Å². The maximum absolute atomic E-state index is 12.4. The number of aromatic nitrogens is 1. The summed E-state index contributed by atoms with van der Waals surface area (Å²) >= 11 is 3.53. The van der Waals surface area contributed by atoms with Crippen molar-refractivity contribution in [2.24, 2.45) is 0 Å². The number of halogens is 1. The molecule has 3 aromatic rings. The fourth-order valence-electron chi connectivity index (χ4n) is 3.35. The fourth-order valence-corrected chi connectivity index (χ4v) is 3.73. The molecular formula is C22H22BrN3O2. The van der Waals surface area contributed by atoms with Crippen LogP contribution in [0.15, 0.2) is 53.0 Å². The topological polar surface area (TPSA) is 63.2 Å². The number of unbranched alkanes of at least 4 members (excludes halogenated alkanes) is 1. The van der Waals surface area contributed by atoms with Crippen LogP contribution < -0.4 is 15.4 Å². The van der Waals surface area contributed by atoms with Gasteiger partial charge in [-0.3, -0.25) is 4.79 Å². The minimum Gasteiger partial charge on any atom is -0.477 e. The second-order valence-electron chi connectivity index (χ2n) is 6.87. The van der Waals surface area contributed by atoms with Gasteiger partial charge in [0.15, 0.2) is 0 Å². The summed E-state index contributed by atoms with van der Waals surface area (Å²) in [5.74, 6) is 0.546. The van der Waals surface area contributed by atoms with Crippen molar-refractivity contribution in [3.05, 3.63) is 64.1 Å². The number of rotatable bonds is 5. The summed E-state index contributed by atoms with van der Waals surface area (Å²) in [6.45, 7) is 3.21. The number of amides is 1. The third kappa shape index (κ3) is 3.83. The molecule has 1 aliphatic heterocycles. The molecule has 2 N–H and O–H groups in total. The molecule has 0 radical (unpaired) electrons. The minimum absolute atomic E-state index is 0.0736. The first-order valence-corrected chi connectivity index (χ1v) is 10.3. The average molecular weight is 440 g/mol. The predicted molar refractivity (Wildman–Crippen MR) is 115 cm³/mol. The molecule has 144 valence electrons. The molecule has 1 unspecified atom stereocenters. The third-order valence-electron chi connectivity index (χ3n) is 4.85. The molecule has 5 nitrogen and oxygen atoms in total. The monoisotopic (exact) mass is 439 g/mol. The van der Waals surface area contributed by atoms with Gasteiger partial charge >= 0.3 is 0 Å². The lowest BCUT2D eigenvalue weighted by molar-refractivity contribution is 0.0955. The van der Waals surface area contributed by atoms with E-state index in [-0.39, 0.29) is 11.9 Å². The van der Waals surface area contributed by atoms with Crippen molar-refractivity contribution in [3.8, 4) is 5.88 Å². The lowest BCUT2D eigenvalue weighted by atomic mass is 10.0. The lowest BCUT2D eigenvalue weighted by Crippen LogP contribution is -2.28. The Morgan fingerprint density at radius 2 is 2.07 bits per heavy atom. The van der Waals surface area contributed by atoms with Gasteiger partial charge in [0.1, 0.15) is 0 Å². The molecule has 1 amide bonds. The van der Waals surface area contributed by atoms with Crippen molar-refractivity contribution in [1.82, 2.24) is 10.3 Å². The van der Waals surface area contributed by atoms with E-state index in [1.807, 2.05) is 42.5 Å². The molecule has 0 saturated heterocycles. The molecule has 28 heavy (non-hydrogen) atoms. The number of pyridine rings is 1. The smallest absolute Gasteiger partial charge is 0.253 e. The van der Waals surface area contributed by atoms with E-state index in [9.17, 15) is 4.79 Å². The molecule has 0 bridgehead atoms. The van der Waals surface area contributed by atoms with Crippen molar-refractivity contribution in [2.45, 2.75) is 25.8 Å². The number of anilines is 1. The first-order chi connectivity index (χ1) is 13.7. The van der Waals surface area contributed by atoms with Gasteiger partial charge in [0.25, 0.3) is 5.91 Å². The molecular weight excluding hydrogens is 418 g/mol. The maximum atomic E-state index is 12.4. The minimum atomic E-state index is -0.139. The Hall–Kier alpha value is -2.60. The maximum Gasteiger partial charge on any atom is 0.253 e. The summed E-state index contributed by atoms with van der Waals surface area (Å²) < 4.78 is 7.05. The molecule has 1 aromatic heterocycles. The van der Waals surface area contributed by atoms with E-state index in [1.165, 1.54) is 0 Å². The van der Waals surface area contributed by atoms with E-state index in [0.29, 0.717) is 24.6 Å². The van der Waals surface area contributed by atoms with Crippen molar-refractivity contribution in [3.63, 3.8) is 0 Å². The molecule has 0 fully saturated rings. The molecule has 1 aliphatic rings. The summed E-state index contributed by atoms with van der Waals surface area (Å²) in [4.78, 5) is 17.2. The van der Waals surface area contributed by atoms with E-state index in [4.69, 9.17) is 9.72 Å². The van der Waals surface area contributed by atoms with Gasteiger partial charge in [-0.2, -0.15) is 0 Å². The average Bonchev–Trinajstić information content (AvgIpc) is 2.87. The first kappa shape index (κ1) is 18.7. The van der Waals surface area contributed by atoms with Crippen LogP contribution in [0, 0.1) is 0 Å². The van der Waals surface area contributed by atoms with Crippen LogP contribution in [0.25, 0.3) is 10.9 Å². The highest BCUT2D eigenvalue weighted by Gasteiger charge is 2.25. The standard InChI is InChI=1S/C22H22BrN3O2/c1-2-3-10-28-22-17(12-14-11-15(23)8-9-18(14)26-22)20-13-24-21(27)16-6-4-5-7-19(16)25-20/h4-9,11-12,20,25H,2-3,10,13H2,1H3,(H,24,27). The SMILES string of the molecule is CCCCOc1nc2ccc(Br)cc2cc1C1CNC(=O)c2ccccc2N1. The van der Waals surface area contributed by atoms with Gasteiger partial charge in [-0.1, -0.05) is 41.4 Å². The largest absolute Gasteiger partial charge is 0.477 e. The van der Waals surface area contributed by atoms with Crippen LogP contribution in [0.4, 0.5) is 5.69 Å². The summed E-state index contributed by atoms with van der Waals surface area (Å²) in [6, 6.07) is 15.5. The van der Waals surface area contributed by atoms with E-state index in [1.54, 1.807) is 0 Å². The second-order valence-corrected chi connectivity index (χ2v) is 7.79. The molecule has 6 heteroatoms. The van der Waals surface area contributed by atoms with Gasteiger partial charge in [-0.25, -0.2) is 4.98 Å². The normalized spacial score (nSPS) is 16.1. The van der Waals surface area contributed by atoms with Crippen molar-refractivity contribution in [2.75, 3.05) is 18.5 Å². The quantitative estimate of drug-likeness (QED) is 0.544. The number of hydrogen-bond donors (Lipinski definition) is 2. The number of carbonyl (C=O) groups excluding carboxylic acids is 1. The Balaban J connectivity index is 1.77. The van der Waals surface area contributed by atoms with Gasteiger partial charge in [0.05, 0.1) is 23.7 Å². The van der Waals surface area contributed by atoms with Crippen molar-refractivity contribution in [1.29, 1.82) is 0 Å². The first-order valence-electron chi connectivity index (χ1n) is 9.52. The number of benzene rings is 2. The zero-order valence-electron chi connectivity index (χ0n) is 15.7. The van der Waals surface area contributed by atoms with Crippen molar-refractivity contribution >= 4 is 38.4 Å². The molecule has 2 aromatic carbocycles. The predicted octanol–water partition coefficient (Wildman–Crippen LogP) is 5.07. The second kappa shape index (κ2) is 8.19. The Morgan fingerprint density at radius 3 is 2.93 bits per heavy atom. The zero-order valence-corrected chi connectivity index (χ0v) is 17.3. The van der Waals surface area contributed by atoms with Gasteiger partial charge in [-0.15, -0.1) is 0 Å². The summed E-state index contributed by atoms with van der Waals surface area (Å²) in [6.07, 6.45) is 2.03. The number of fused-ring (bicyclic) bond motifs is 2. The summed E-state index contributed by atoms with van der Waals surface area (Å²) in [5.41, 5.74) is 3.29. The van der Waals surface area contributed by atoms with Crippen LogP contribution in [-0.4, -0.2) is 24.0 Å². The number of carbonyl (C=O) groups is 1. The highest BCUT2D eigenvalue weighted by Crippen LogP contribution is 2.33. The molecule has 0 saturated carbocycles. The van der Waals surface area contributed by atoms with Crippen LogP contribution in [0.1, 0.15) is 41.7 Å². The third-order valence-corrected chi connectivity index (χ3v) is 5.34. The van der Waals surface area contributed by atoms with E-state index in [2.05, 4.69) is 39.6 Å². The Morgan fingerprint density at radius 1 is 1.21 bits per heavy atom. The van der Waals surface area contributed by atoms with Crippen LogP contribution in [0.5, 0.6) is 5.88 Å². The van der Waals surface area contributed by atoms with Gasteiger partial charge < -0.3 is 15.4 Å². The van der Waals surface area contributed by atoms with Crippen LogP contribution >= 0.6 is 15.9 Å². The zero-order chi connectivity index (χ0) is 19.5. The van der Waals surface area contributed by atoms with Gasteiger partial charge in [0, 0.05) is 27.7 Å². The number of para-hydroxylation sites is 1. The summed E-state index contributed by atoms with van der Waals surface area (Å²) in [5, 5.41) is 7.54. The van der Waals surface area contributed by atoms with Gasteiger partial charge in [0.2, 0.25) is 5.88 Å². The molecule has 0 spiro atoms. The summed E-state index contributed by atoms with van der Waals surface area (Å²) in [7, 11) is 0. The lowest BCUT2D eigenvalue weighted by Gasteiger charge is -2.21. The highest BCUT2D eigenvalue weighted by molar-refractivity contribution is 9.10. The Bertz CT molecular complexity index is 1020. The Labute approximate surface area is 172 Å². The Kier molecular flexibility index (Phi) is 5.48. The molecule has 4 rings (SSSR count). The number of ether oxygens (including phenoxy) is 1. The highest BCUT2D eigenvalue weighted by atomic mass is 79.9. The fraction of sp³-hybridized carbons (Fsp3) is 0.273. The number of hydrogen-bond acceptors (Lipinski definition) is 4. The van der Waals surface area contributed by atoms with Gasteiger partial charge in [-0.05, 0) is 42.8 Å². The van der Waals surface area contributed by atoms with E-state index >= 15 is 0 Å². The van der Waals surface area contributed by atoms with Crippen LogP contribution in [-0.2, 0) is 0 Å². The molecule has 1 atom stereocenters. The van der Waals surface area contributed by atoms with Crippen LogP contribution in [0.2, 0.25) is 0 Å². The van der Waals surface area contributed by atoms with E-state index in [0.717, 1.165) is 39.5 Å². The van der Waals surface area contributed by atoms with Crippen molar-refractivity contribution < 1.29 is 9.53 Å². The number of nitrogens with zero attached hydrogens (tertiary/aromatic N) is 1. The molecule has 2 heterocycles.